The first kappa shape index (κ1) is 18.5. The van der Waals surface area contributed by atoms with Crippen LogP contribution in [-0.2, 0) is 20.5 Å². The first-order valence-corrected chi connectivity index (χ1v) is 10.4. The van der Waals surface area contributed by atoms with Gasteiger partial charge in [0, 0.05) is 39.4 Å². The molecule has 2 saturated heterocycles. The van der Waals surface area contributed by atoms with Crippen LogP contribution in [0.3, 0.4) is 0 Å². The van der Waals surface area contributed by atoms with E-state index in [2.05, 4.69) is 20.5 Å². The molecule has 4 rings (SSSR count). The van der Waals surface area contributed by atoms with E-state index in [4.69, 9.17) is 4.74 Å². The number of hydrogen-bond donors (Lipinski definition) is 1. The van der Waals surface area contributed by atoms with Gasteiger partial charge in [-0.2, -0.15) is 8.42 Å². The predicted octanol–water partition coefficient (Wildman–Crippen LogP) is 0.836. The fourth-order valence-electron chi connectivity index (χ4n) is 3.90. The summed E-state index contributed by atoms with van der Waals surface area (Å²) in [5.41, 5.74) is 1.31. The van der Waals surface area contributed by atoms with E-state index in [9.17, 15) is 12.3 Å². The van der Waals surface area contributed by atoms with E-state index in [0.717, 1.165) is 44.7 Å². The molecule has 3 heterocycles. The number of nitrogens with zero attached hydrogens (tertiary/aromatic N) is 4. The minimum absolute atomic E-state index is 0.208. The molecule has 0 saturated carbocycles. The molecule has 1 aromatic heterocycles. The molecule has 0 aliphatic carbocycles. The summed E-state index contributed by atoms with van der Waals surface area (Å²) in [5.74, 6) is 0. The lowest BCUT2D eigenvalue weighted by atomic mass is 9.84. The van der Waals surface area contributed by atoms with Crippen molar-refractivity contribution in [1.29, 1.82) is 0 Å². The van der Waals surface area contributed by atoms with Gasteiger partial charge in [0.05, 0.1) is 22.3 Å². The van der Waals surface area contributed by atoms with Crippen LogP contribution in [0.1, 0.15) is 18.5 Å². The summed E-state index contributed by atoms with van der Waals surface area (Å²) < 4.78 is 42.2. The lowest BCUT2D eigenvalue weighted by Gasteiger charge is -2.46. The third-order valence-corrected chi connectivity index (χ3v) is 6.23. The Morgan fingerprint density at radius 1 is 1.11 bits per heavy atom. The Hall–Kier alpha value is -1.88. The van der Waals surface area contributed by atoms with Gasteiger partial charge in [-0.25, -0.2) is 4.68 Å². The Labute approximate surface area is 157 Å². The summed E-state index contributed by atoms with van der Waals surface area (Å²) in [6.07, 6.45) is 3.59. The van der Waals surface area contributed by atoms with Crippen LogP contribution in [0.4, 0.5) is 3.89 Å². The molecule has 0 atom stereocenters. The van der Waals surface area contributed by atoms with Crippen molar-refractivity contribution in [3.63, 3.8) is 0 Å². The SMILES string of the molecule is O=S(=O)(F)c1ccc(-n2cc(C3(N4CCNCC4)CCOCC3)nn2)cc1. The monoisotopic (exact) mass is 395 g/mol. The molecule has 0 radical (unpaired) electrons. The van der Waals surface area contributed by atoms with Gasteiger partial charge in [0.2, 0.25) is 0 Å². The number of halogens is 1. The predicted molar refractivity (Wildman–Crippen MR) is 95.8 cm³/mol. The van der Waals surface area contributed by atoms with Crippen molar-refractivity contribution in [1.82, 2.24) is 25.2 Å². The summed E-state index contributed by atoms with van der Waals surface area (Å²) in [6.45, 7) is 5.12. The van der Waals surface area contributed by atoms with E-state index < -0.39 is 10.2 Å². The summed E-state index contributed by atoms with van der Waals surface area (Å²) >= 11 is 0. The molecular weight excluding hydrogens is 373 g/mol. The van der Waals surface area contributed by atoms with Gasteiger partial charge in [-0.3, -0.25) is 4.90 Å². The maximum Gasteiger partial charge on any atom is 0.332 e. The zero-order valence-electron chi connectivity index (χ0n) is 14.8. The molecule has 1 N–H and O–H groups in total. The molecule has 146 valence electrons. The molecule has 2 aliphatic rings. The van der Waals surface area contributed by atoms with Crippen LogP contribution < -0.4 is 5.32 Å². The quantitative estimate of drug-likeness (QED) is 0.767. The smallest absolute Gasteiger partial charge is 0.332 e. The van der Waals surface area contributed by atoms with Gasteiger partial charge in [-0.05, 0) is 37.1 Å². The fraction of sp³-hybridized carbons (Fsp3) is 0.529. The third kappa shape index (κ3) is 3.62. The highest BCUT2D eigenvalue weighted by Gasteiger charge is 2.42. The van der Waals surface area contributed by atoms with Crippen LogP contribution >= 0.6 is 0 Å². The van der Waals surface area contributed by atoms with Gasteiger partial charge in [-0.15, -0.1) is 8.98 Å². The highest BCUT2D eigenvalue weighted by molar-refractivity contribution is 7.86. The number of aromatic nitrogens is 3. The summed E-state index contributed by atoms with van der Waals surface area (Å²) in [7, 11) is -4.71. The van der Waals surface area contributed by atoms with Crippen molar-refractivity contribution in [2.75, 3.05) is 39.4 Å². The van der Waals surface area contributed by atoms with Crippen molar-refractivity contribution < 1.29 is 17.0 Å². The van der Waals surface area contributed by atoms with Crippen molar-refractivity contribution in [2.24, 2.45) is 0 Å². The summed E-state index contributed by atoms with van der Waals surface area (Å²) in [4.78, 5) is 2.09. The molecule has 1 aromatic carbocycles. The lowest BCUT2D eigenvalue weighted by Crippen LogP contribution is -2.56. The van der Waals surface area contributed by atoms with Gasteiger partial charge in [0.25, 0.3) is 0 Å². The van der Waals surface area contributed by atoms with E-state index in [-0.39, 0.29) is 10.4 Å². The van der Waals surface area contributed by atoms with Crippen LogP contribution in [0.5, 0.6) is 0 Å². The number of hydrogen-bond acceptors (Lipinski definition) is 7. The van der Waals surface area contributed by atoms with E-state index >= 15 is 0 Å². The second kappa shape index (κ2) is 7.27. The maximum atomic E-state index is 13.1. The summed E-state index contributed by atoms with van der Waals surface area (Å²) in [6, 6.07) is 5.50. The second-order valence-electron chi connectivity index (χ2n) is 6.86. The second-order valence-corrected chi connectivity index (χ2v) is 8.21. The normalized spacial score (nSPS) is 21.2. The van der Waals surface area contributed by atoms with Gasteiger partial charge in [0.15, 0.2) is 0 Å². The molecule has 27 heavy (non-hydrogen) atoms. The van der Waals surface area contributed by atoms with Gasteiger partial charge >= 0.3 is 10.2 Å². The Morgan fingerprint density at radius 2 is 1.78 bits per heavy atom. The minimum Gasteiger partial charge on any atom is -0.381 e. The Bertz CT molecular complexity index is 888. The average Bonchev–Trinajstić information content (AvgIpc) is 3.19. The number of piperazine rings is 1. The number of benzene rings is 1. The number of rotatable bonds is 4. The number of ether oxygens (including phenoxy) is 1. The van der Waals surface area contributed by atoms with Crippen molar-refractivity contribution in [3.8, 4) is 5.69 Å². The standard InChI is InChI=1S/C17H22FN5O3S/c18-27(24,25)15-3-1-14(2-4-15)23-13-16(20-21-23)17(5-11-26-12-6-17)22-9-7-19-8-10-22/h1-4,13,19H,5-12H2. The molecule has 2 aromatic rings. The topological polar surface area (TPSA) is 89.4 Å². The molecule has 2 aliphatic heterocycles. The first-order chi connectivity index (χ1) is 13.0. The Balaban J connectivity index is 1.65. The molecule has 0 unspecified atom stereocenters. The largest absolute Gasteiger partial charge is 0.381 e. The Kier molecular flexibility index (Phi) is 4.97. The lowest BCUT2D eigenvalue weighted by molar-refractivity contribution is -0.0396. The molecule has 10 heteroatoms. The Morgan fingerprint density at radius 3 is 2.41 bits per heavy atom. The average molecular weight is 395 g/mol. The van der Waals surface area contributed by atoms with E-state index in [0.29, 0.717) is 18.9 Å². The van der Waals surface area contributed by atoms with Gasteiger partial charge in [-0.1, -0.05) is 5.21 Å². The van der Waals surface area contributed by atoms with Crippen LogP contribution in [0, 0.1) is 0 Å². The van der Waals surface area contributed by atoms with Crippen molar-refractivity contribution in [3.05, 3.63) is 36.2 Å². The highest BCUT2D eigenvalue weighted by atomic mass is 32.3. The fourth-order valence-corrected chi connectivity index (χ4v) is 4.36. The minimum atomic E-state index is -4.71. The van der Waals surface area contributed by atoms with Crippen molar-refractivity contribution in [2.45, 2.75) is 23.3 Å². The number of nitrogens with one attached hydrogen (secondary N) is 1. The molecule has 0 spiro atoms. The molecule has 2 fully saturated rings. The zero-order valence-corrected chi connectivity index (χ0v) is 15.7. The zero-order chi connectivity index (χ0) is 18.9. The third-order valence-electron chi connectivity index (χ3n) is 5.40. The van der Waals surface area contributed by atoms with Crippen LogP contribution in [0.25, 0.3) is 5.69 Å². The van der Waals surface area contributed by atoms with E-state index in [1.807, 2.05) is 6.20 Å². The van der Waals surface area contributed by atoms with Crippen LogP contribution in [0.15, 0.2) is 35.4 Å². The van der Waals surface area contributed by atoms with Gasteiger partial charge in [0.1, 0.15) is 5.69 Å². The summed E-state index contributed by atoms with van der Waals surface area (Å²) in [5, 5.41) is 12.0. The van der Waals surface area contributed by atoms with Crippen LogP contribution in [-0.4, -0.2) is 67.7 Å². The van der Waals surface area contributed by atoms with Crippen LogP contribution in [0.2, 0.25) is 0 Å². The van der Waals surface area contributed by atoms with E-state index in [1.54, 1.807) is 4.68 Å². The first-order valence-electron chi connectivity index (χ1n) is 9.00. The highest BCUT2D eigenvalue weighted by Crippen LogP contribution is 2.37. The molecule has 8 nitrogen and oxygen atoms in total. The maximum absolute atomic E-state index is 13.1. The molecule has 0 amide bonds. The van der Waals surface area contributed by atoms with Gasteiger partial charge < -0.3 is 10.1 Å². The molecular formula is C17H22FN5O3S. The molecule has 0 bridgehead atoms. The van der Waals surface area contributed by atoms with Crippen molar-refractivity contribution >= 4 is 10.2 Å². The van der Waals surface area contributed by atoms with E-state index in [1.165, 1.54) is 24.3 Å².